The molecule has 2 aromatic heterocycles. The molecule has 3 aromatic rings. The average Bonchev–Trinajstić information content (AvgIpc) is 2.81. The molecule has 0 aliphatic heterocycles. The number of nitrogens with zero attached hydrogens (tertiary/aromatic N) is 2. The predicted molar refractivity (Wildman–Crippen MR) is 123 cm³/mol. The monoisotopic (exact) mass is 434 g/mol. The Morgan fingerprint density at radius 2 is 1.69 bits per heavy atom. The van der Waals surface area contributed by atoms with Gasteiger partial charge in [-0.25, -0.2) is 9.78 Å². The van der Waals surface area contributed by atoms with Gasteiger partial charge < -0.3 is 16.0 Å². The van der Waals surface area contributed by atoms with Crippen LogP contribution < -0.4 is 21.3 Å². The van der Waals surface area contributed by atoms with E-state index in [0.29, 0.717) is 18.9 Å². The van der Waals surface area contributed by atoms with Gasteiger partial charge in [-0.15, -0.1) is 0 Å². The minimum absolute atomic E-state index is 0.117. The Bertz CT molecular complexity index is 1120. The Hall–Kier alpha value is -4.01. The largest absolute Gasteiger partial charge is 0.359 e. The summed E-state index contributed by atoms with van der Waals surface area (Å²) in [6.45, 7) is 2.64. The summed E-state index contributed by atoms with van der Waals surface area (Å²) < 4.78 is 0. The van der Waals surface area contributed by atoms with Crippen LogP contribution in [-0.4, -0.2) is 41.4 Å². The number of urea groups is 1. The molecule has 1 aromatic carbocycles. The summed E-state index contributed by atoms with van der Waals surface area (Å²) >= 11 is 0. The zero-order valence-electron chi connectivity index (χ0n) is 18.1. The fourth-order valence-corrected chi connectivity index (χ4v) is 3.26. The zero-order chi connectivity index (χ0) is 22.9. The number of carbonyl (C=O) groups excluding carboxylic acids is 3. The van der Waals surface area contributed by atoms with Crippen LogP contribution in [0.4, 0.5) is 10.6 Å². The van der Waals surface area contributed by atoms with Gasteiger partial charge in [0.2, 0.25) is 11.8 Å². The fourth-order valence-electron chi connectivity index (χ4n) is 3.26. The summed E-state index contributed by atoms with van der Waals surface area (Å²) in [5.74, 6) is 0.0385. The number of benzene rings is 1. The Kier molecular flexibility index (Phi) is 7.69. The lowest BCUT2D eigenvalue weighted by Gasteiger charge is -2.14. The molecule has 0 aliphatic carbocycles. The molecule has 0 bridgehead atoms. The molecule has 3 rings (SSSR count). The molecular weight excluding hydrogens is 408 g/mol. The Morgan fingerprint density at radius 1 is 0.938 bits per heavy atom. The highest BCUT2D eigenvalue weighted by molar-refractivity contribution is 6.01. The van der Waals surface area contributed by atoms with Crippen LogP contribution in [0.5, 0.6) is 0 Å². The second-order valence-corrected chi connectivity index (χ2v) is 7.06. The van der Waals surface area contributed by atoms with Crippen molar-refractivity contribution in [2.45, 2.75) is 26.3 Å². The summed E-state index contributed by atoms with van der Waals surface area (Å²) in [7, 11) is 1.54. The van der Waals surface area contributed by atoms with E-state index < -0.39 is 0 Å². The summed E-state index contributed by atoms with van der Waals surface area (Å²) in [5.41, 5.74) is 2.81. The second-order valence-electron chi connectivity index (χ2n) is 7.06. The van der Waals surface area contributed by atoms with Crippen molar-refractivity contribution < 1.29 is 14.4 Å². The van der Waals surface area contributed by atoms with E-state index in [2.05, 4.69) is 31.2 Å². The Labute approximate surface area is 186 Å². The molecule has 0 unspecified atom stereocenters. The van der Waals surface area contributed by atoms with Crippen LogP contribution in [0.1, 0.15) is 25.3 Å². The second kappa shape index (κ2) is 10.9. The number of carbonyl (C=O) groups is 3. The summed E-state index contributed by atoms with van der Waals surface area (Å²) in [4.78, 5) is 43.9. The smallest absolute Gasteiger partial charge is 0.320 e. The van der Waals surface area contributed by atoms with E-state index >= 15 is 0 Å². The Balaban J connectivity index is 1.90. The third-order valence-corrected chi connectivity index (χ3v) is 4.90. The third kappa shape index (κ3) is 5.78. The van der Waals surface area contributed by atoms with Crippen molar-refractivity contribution in [2.24, 2.45) is 0 Å². The van der Waals surface area contributed by atoms with Crippen LogP contribution in [0, 0.1) is 0 Å². The maximum Gasteiger partial charge on any atom is 0.320 e. The average molecular weight is 435 g/mol. The van der Waals surface area contributed by atoms with Gasteiger partial charge in [0, 0.05) is 57.0 Å². The van der Waals surface area contributed by atoms with E-state index in [1.807, 2.05) is 37.3 Å². The van der Waals surface area contributed by atoms with Gasteiger partial charge >= 0.3 is 6.03 Å². The maximum atomic E-state index is 12.1. The molecule has 4 amide bonds. The number of rotatable bonds is 8. The number of hydrogen-bond donors (Lipinski definition) is 4. The summed E-state index contributed by atoms with van der Waals surface area (Å²) in [6.07, 6.45) is 5.38. The van der Waals surface area contributed by atoms with Gasteiger partial charge in [-0.2, -0.15) is 0 Å². The molecule has 0 aliphatic rings. The van der Waals surface area contributed by atoms with Crippen LogP contribution in [0.25, 0.3) is 21.9 Å². The minimum atomic E-state index is -0.329. The molecule has 2 heterocycles. The number of nitrogens with one attached hydrogen (secondary N) is 4. The number of aromatic nitrogens is 2. The van der Waals surface area contributed by atoms with E-state index in [1.165, 1.54) is 0 Å². The predicted octanol–water partition coefficient (Wildman–Crippen LogP) is 2.58. The van der Waals surface area contributed by atoms with Gasteiger partial charge in [0.1, 0.15) is 5.82 Å². The first-order chi connectivity index (χ1) is 15.5. The first kappa shape index (κ1) is 22.7. The van der Waals surface area contributed by atoms with Gasteiger partial charge in [0.05, 0.1) is 0 Å². The van der Waals surface area contributed by atoms with Gasteiger partial charge in [-0.05, 0) is 47.2 Å². The van der Waals surface area contributed by atoms with Gasteiger partial charge in [-0.3, -0.25) is 19.9 Å². The van der Waals surface area contributed by atoms with Crippen molar-refractivity contribution in [3.63, 3.8) is 0 Å². The molecule has 4 N–H and O–H groups in total. The van der Waals surface area contributed by atoms with Crippen LogP contribution in [0.15, 0.2) is 48.9 Å². The molecule has 0 spiro atoms. The lowest BCUT2D eigenvalue weighted by Crippen LogP contribution is -2.28. The number of anilines is 1. The summed E-state index contributed by atoms with van der Waals surface area (Å²) in [5, 5.41) is 12.5. The van der Waals surface area contributed by atoms with E-state index in [0.717, 1.165) is 27.5 Å². The molecule has 0 radical (unpaired) electrons. The van der Waals surface area contributed by atoms with Crippen molar-refractivity contribution in [1.29, 1.82) is 0 Å². The molecule has 0 saturated heterocycles. The molecule has 0 saturated carbocycles. The van der Waals surface area contributed by atoms with Crippen molar-refractivity contribution in [3.8, 4) is 11.1 Å². The SMILES string of the molecule is CCNC(=O)Nc1cc2c(-c3ccncc3)ccc(CNC(=O)CCC(=O)NC)c2cn1. The standard InChI is InChI=1S/C23H26N6O3/c1-3-26-23(32)29-20-12-18-17(15-8-10-25-11-9-15)5-4-16(19(18)14-27-20)13-28-22(31)7-6-21(30)24-2/h4-5,8-12,14H,3,6-7,13H2,1-2H3,(H,24,30)(H,28,31)(H2,26,27,29,32). The van der Waals surface area contributed by atoms with E-state index in [-0.39, 0.29) is 30.7 Å². The van der Waals surface area contributed by atoms with Crippen molar-refractivity contribution in [3.05, 3.63) is 54.5 Å². The highest BCUT2D eigenvalue weighted by atomic mass is 16.2. The fraction of sp³-hybridized carbons (Fsp3) is 0.261. The quantitative estimate of drug-likeness (QED) is 0.434. The number of pyridine rings is 2. The van der Waals surface area contributed by atoms with Gasteiger partial charge in [0.15, 0.2) is 0 Å². The van der Waals surface area contributed by atoms with Crippen LogP contribution in [0.3, 0.4) is 0 Å². The number of amides is 4. The van der Waals surface area contributed by atoms with Gasteiger partial charge in [-0.1, -0.05) is 12.1 Å². The van der Waals surface area contributed by atoms with Crippen LogP contribution >= 0.6 is 0 Å². The molecule has 166 valence electrons. The van der Waals surface area contributed by atoms with Crippen molar-refractivity contribution in [2.75, 3.05) is 18.9 Å². The molecule has 9 nitrogen and oxygen atoms in total. The number of fused-ring (bicyclic) bond motifs is 1. The molecular formula is C23H26N6O3. The van der Waals surface area contributed by atoms with E-state index in [4.69, 9.17) is 0 Å². The van der Waals surface area contributed by atoms with Crippen molar-refractivity contribution >= 4 is 34.4 Å². The maximum absolute atomic E-state index is 12.1. The highest BCUT2D eigenvalue weighted by Gasteiger charge is 2.12. The lowest BCUT2D eigenvalue weighted by atomic mass is 9.96. The van der Waals surface area contributed by atoms with Crippen molar-refractivity contribution in [1.82, 2.24) is 25.9 Å². The van der Waals surface area contributed by atoms with Crippen LogP contribution in [0.2, 0.25) is 0 Å². The first-order valence-electron chi connectivity index (χ1n) is 10.4. The molecule has 32 heavy (non-hydrogen) atoms. The van der Waals surface area contributed by atoms with Crippen LogP contribution in [-0.2, 0) is 16.1 Å². The lowest BCUT2D eigenvalue weighted by molar-refractivity contribution is -0.126. The van der Waals surface area contributed by atoms with E-state index in [9.17, 15) is 14.4 Å². The summed E-state index contributed by atoms with van der Waals surface area (Å²) in [6, 6.07) is 9.22. The van der Waals surface area contributed by atoms with E-state index in [1.54, 1.807) is 25.6 Å². The normalized spacial score (nSPS) is 10.4. The third-order valence-electron chi connectivity index (χ3n) is 4.90. The highest BCUT2D eigenvalue weighted by Crippen LogP contribution is 2.31. The van der Waals surface area contributed by atoms with Gasteiger partial charge in [0.25, 0.3) is 0 Å². The molecule has 9 heteroatoms. The number of hydrogen-bond acceptors (Lipinski definition) is 5. The minimum Gasteiger partial charge on any atom is -0.359 e. The zero-order valence-corrected chi connectivity index (χ0v) is 18.1. The molecule has 0 fully saturated rings. The molecule has 0 atom stereocenters. The Morgan fingerprint density at radius 3 is 2.41 bits per heavy atom. The topological polar surface area (TPSA) is 125 Å². The first-order valence-corrected chi connectivity index (χ1v) is 10.4.